The number of benzene rings is 2. The number of nitrogens with zero attached hydrogens (tertiary/aromatic N) is 1. The number of ketones is 1. The molecule has 0 aliphatic rings. The van der Waals surface area contributed by atoms with Crippen molar-refractivity contribution in [2.45, 2.75) is 13.8 Å². The second kappa shape index (κ2) is 8.97. The summed E-state index contributed by atoms with van der Waals surface area (Å²) < 4.78 is 4.88. The number of esters is 1. The number of aliphatic hydroxyl groups is 1. The van der Waals surface area contributed by atoms with E-state index in [-0.39, 0.29) is 23.7 Å². The van der Waals surface area contributed by atoms with Crippen LogP contribution in [-0.2, 0) is 9.53 Å². The summed E-state index contributed by atoms with van der Waals surface area (Å²) in [6, 6.07) is 13.4. The fourth-order valence-electron chi connectivity index (χ4n) is 2.18. The third-order valence-electron chi connectivity index (χ3n) is 3.46. The van der Waals surface area contributed by atoms with Crippen molar-refractivity contribution in [1.82, 2.24) is 0 Å². The van der Waals surface area contributed by atoms with E-state index in [0.717, 1.165) is 0 Å². The fraction of sp³-hybridized carbons (Fsp3) is 0.150. The Bertz CT molecular complexity index is 869. The van der Waals surface area contributed by atoms with Crippen molar-refractivity contribution in [2.24, 2.45) is 4.99 Å². The third-order valence-corrected chi connectivity index (χ3v) is 3.69. The van der Waals surface area contributed by atoms with Crippen molar-refractivity contribution < 1.29 is 19.4 Å². The van der Waals surface area contributed by atoms with E-state index in [9.17, 15) is 14.7 Å². The monoisotopic (exact) mass is 371 g/mol. The van der Waals surface area contributed by atoms with Gasteiger partial charge in [-0.3, -0.25) is 9.79 Å². The zero-order valence-corrected chi connectivity index (χ0v) is 15.2. The lowest BCUT2D eigenvalue weighted by molar-refractivity contribution is -0.138. The van der Waals surface area contributed by atoms with Gasteiger partial charge in [-0.15, -0.1) is 0 Å². The Labute approximate surface area is 156 Å². The maximum Gasteiger partial charge on any atom is 0.343 e. The van der Waals surface area contributed by atoms with Gasteiger partial charge >= 0.3 is 5.97 Å². The van der Waals surface area contributed by atoms with Crippen LogP contribution in [-0.4, -0.2) is 29.7 Å². The van der Waals surface area contributed by atoms with Crippen LogP contribution in [0.25, 0.3) is 0 Å². The molecule has 5 nitrogen and oxygen atoms in total. The molecular weight excluding hydrogens is 354 g/mol. The summed E-state index contributed by atoms with van der Waals surface area (Å²) in [6.07, 6.45) is 1.18. The Hall–Kier alpha value is -2.92. The summed E-state index contributed by atoms with van der Waals surface area (Å²) in [4.78, 5) is 28.8. The molecule has 2 aromatic rings. The predicted molar refractivity (Wildman–Crippen MR) is 101 cm³/mol. The number of aliphatic imine (C=N–C) groups is 1. The second-order valence-electron chi connectivity index (χ2n) is 5.33. The molecule has 6 heteroatoms. The minimum atomic E-state index is -0.693. The molecule has 0 aliphatic carbocycles. The molecule has 0 aliphatic heterocycles. The van der Waals surface area contributed by atoms with Gasteiger partial charge in [0, 0.05) is 22.4 Å². The normalized spacial score (nSPS) is 12.0. The topological polar surface area (TPSA) is 76.0 Å². The maximum atomic E-state index is 12.7. The number of carbonyl (C=O) groups is 2. The molecule has 0 amide bonds. The van der Waals surface area contributed by atoms with Crippen LogP contribution < -0.4 is 0 Å². The molecule has 0 heterocycles. The fourth-order valence-corrected chi connectivity index (χ4v) is 2.36. The van der Waals surface area contributed by atoms with E-state index >= 15 is 0 Å². The first-order valence-electron chi connectivity index (χ1n) is 7.94. The van der Waals surface area contributed by atoms with Crippen molar-refractivity contribution in [3.05, 3.63) is 76.0 Å². The molecule has 1 N–H and O–H groups in total. The lowest BCUT2D eigenvalue weighted by Crippen LogP contribution is -2.10. The first-order chi connectivity index (χ1) is 12.4. The van der Waals surface area contributed by atoms with E-state index in [0.29, 0.717) is 21.8 Å². The van der Waals surface area contributed by atoms with Crippen molar-refractivity contribution in [2.75, 3.05) is 6.61 Å². The molecule has 0 saturated carbocycles. The van der Waals surface area contributed by atoms with Crippen LogP contribution in [0.2, 0.25) is 5.02 Å². The van der Waals surface area contributed by atoms with Crippen molar-refractivity contribution >= 4 is 35.3 Å². The molecule has 0 fully saturated rings. The zero-order chi connectivity index (χ0) is 19.1. The summed E-state index contributed by atoms with van der Waals surface area (Å²) >= 11 is 6.03. The lowest BCUT2D eigenvalue weighted by atomic mass is 10.0. The number of halogens is 1. The molecular formula is C20H18ClNO4. The molecule has 2 rings (SSSR count). The van der Waals surface area contributed by atoms with Crippen molar-refractivity contribution in [3.8, 4) is 0 Å². The van der Waals surface area contributed by atoms with E-state index in [1.807, 2.05) is 6.07 Å². The van der Waals surface area contributed by atoms with Crippen LogP contribution >= 0.6 is 11.6 Å². The second-order valence-corrected chi connectivity index (χ2v) is 5.77. The molecule has 0 aromatic heterocycles. The van der Waals surface area contributed by atoms with Crippen LogP contribution in [0.3, 0.4) is 0 Å². The van der Waals surface area contributed by atoms with Crippen molar-refractivity contribution in [1.29, 1.82) is 0 Å². The number of hydrogen-bond acceptors (Lipinski definition) is 5. The van der Waals surface area contributed by atoms with Gasteiger partial charge in [-0.25, -0.2) is 4.79 Å². The first-order valence-corrected chi connectivity index (χ1v) is 8.32. The average Bonchev–Trinajstić information content (AvgIpc) is 2.63. The molecule has 0 spiro atoms. The van der Waals surface area contributed by atoms with Gasteiger partial charge in [0.05, 0.1) is 12.3 Å². The van der Waals surface area contributed by atoms with Gasteiger partial charge in [0.1, 0.15) is 11.3 Å². The van der Waals surface area contributed by atoms with E-state index < -0.39 is 5.97 Å². The molecule has 0 unspecified atom stereocenters. The molecule has 134 valence electrons. The minimum Gasteiger partial charge on any atom is -0.512 e. The highest BCUT2D eigenvalue weighted by Crippen LogP contribution is 2.26. The Balaban J connectivity index is 2.43. The number of allylic oxidation sites excluding steroid dienone is 1. The zero-order valence-electron chi connectivity index (χ0n) is 14.4. The van der Waals surface area contributed by atoms with Gasteiger partial charge in [0.15, 0.2) is 5.78 Å². The summed E-state index contributed by atoms with van der Waals surface area (Å²) in [6.45, 7) is 3.19. The highest BCUT2D eigenvalue weighted by atomic mass is 35.5. The minimum absolute atomic E-state index is 0.0834. The van der Waals surface area contributed by atoms with E-state index in [4.69, 9.17) is 16.3 Å². The maximum absolute atomic E-state index is 12.7. The van der Waals surface area contributed by atoms with Crippen LogP contribution in [0, 0.1) is 0 Å². The number of rotatable bonds is 6. The Kier molecular flexibility index (Phi) is 6.69. The summed E-state index contributed by atoms with van der Waals surface area (Å²) in [5.41, 5.74) is 1.02. The molecule has 2 aromatic carbocycles. The van der Waals surface area contributed by atoms with Crippen LogP contribution in [0.15, 0.2) is 64.9 Å². The Morgan fingerprint density at radius 3 is 2.50 bits per heavy atom. The van der Waals surface area contributed by atoms with E-state index in [1.54, 1.807) is 43.3 Å². The number of aliphatic hydroxyl groups excluding tert-OH is 1. The number of carbonyl (C=O) groups excluding carboxylic acids is 2. The van der Waals surface area contributed by atoms with Gasteiger partial charge in [0.2, 0.25) is 0 Å². The van der Waals surface area contributed by atoms with E-state index in [2.05, 4.69) is 4.99 Å². The molecule has 26 heavy (non-hydrogen) atoms. The highest BCUT2D eigenvalue weighted by Gasteiger charge is 2.16. The molecule has 0 radical (unpaired) electrons. The van der Waals surface area contributed by atoms with Gasteiger partial charge in [-0.05, 0) is 32.0 Å². The van der Waals surface area contributed by atoms with Gasteiger partial charge in [0.25, 0.3) is 0 Å². The lowest BCUT2D eigenvalue weighted by Gasteiger charge is -2.07. The molecule has 0 bridgehead atoms. The highest BCUT2D eigenvalue weighted by molar-refractivity contribution is 6.31. The summed E-state index contributed by atoms with van der Waals surface area (Å²) in [5, 5.41) is 10.1. The standard InChI is InChI=1S/C20H18ClNO4/c1-3-26-20(25)17(13(2)23)12-22-18-10-9-15(21)11-16(18)19(24)14-7-5-4-6-8-14/h4-12,23H,3H2,1-2H3/b17-13+,22-12?. The molecule has 0 saturated heterocycles. The van der Waals surface area contributed by atoms with Gasteiger partial charge in [-0.1, -0.05) is 41.9 Å². The smallest absolute Gasteiger partial charge is 0.343 e. The quantitative estimate of drug-likeness (QED) is 0.263. The number of hydrogen-bond donors (Lipinski definition) is 1. The average molecular weight is 372 g/mol. The van der Waals surface area contributed by atoms with Gasteiger partial charge < -0.3 is 9.84 Å². The van der Waals surface area contributed by atoms with Crippen molar-refractivity contribution in [3.63, 3.8) is 0 Å². The van der Waals surface area contributed by atoms with Gasteiger partial charge in [-0.2, -0.15) is 0 Å². The summed E-state index contributed by atoms with van der Waals surface area (Å²) in [5.74, 6) is -1.17. The van der Waals surface area contributed by atoms with Crippen LogP contribution in [0.5, 0.6) is 0 Å². The van der Waals surface area contributed by atoms with Crippen LogP contribution in [0.4, 0.5) is 5.69 Å². The predicted octanol–water partition coefficient (Wildman–Crippen LogP) is 4.67. The largest absolute Gasteiger partial charge is 0.512 e. The Morgan fingerprint density at radius 2 is 1.88 bits per heavy atom. The summed E-state index contributed by atoms with van der Waals surface area (Å²) in [7, 11) is 0. The first kappa shape index (κ1) is 19.4. The third kappa shape index (κ3) is 4.80. The van der Waals surface area contributed by atoms with E-state index in [1.165, 1.54) is 19.2 Å². The Morgan fingerprint density at radius 1 is 1.19 bits per heavy atom. The molecule has 0 atom stereocenters. The number of ether oxygens (including phenoxy) is 1. The van der Waals surface area contributed by atoms with Crippen LogP contribution in [0.1, 0.15) is 29.8 Å². The SMILES string of the molecule is CCOC(=O)/C(C=Nc1ccc(Cl)cc1C(=O)c1ccccc1)=C(\C)O.